The van der Waals surface area contributed by atoms with E-state index in [1.807, 2.05) is 24.3 Å². The molecule has 0 aromatic heterocycles. The number of hydrogen-bond donors (Lipinski definition) is 0. The Hall–Kier alpha value is -2.42. The zero-order valence-corrected chi connectivity index (χ0v) is 17.8. The first kappa shape index (κ1) is 19.5. The molecule has 0 amide bonds. The summed E-state index contributed by atoms with van der Waals surface area (Å²) < 4.78 is 5.11. The standard InChI is InChI=1S/C27H31NO2/c1-19(29)30-26-8-6-25(7-9-26)24-4-2-20(3-5-24)17-28-18-27-11-10-21-12-22(15-27)14-23(13-21)16-27/h2-9,17,21-23H,10-16,18H2,1H3/t21?,22-,23+,27?. The van der Waals surface area contributed by atoms with Crippen LogP contribution in [0.3, 0.4) is 0 Å². The van der Waals surface area contributed by atoms with Crippen molar-refractivity contribution >= 4 is 12.2 Å². The highest BCUT2D eigenvalue weighted by Gasteiger charge is 2.47. The second kappa shape index (κ2) is 8.02. The molecule has 0 aliphatic heterocycles. The van der Waals surface area contributed by atoms with Crippen LogP contribution in [0.15, 0.2) is 53.5 Å². The monoisotopic (exact) mass is 401 g/mol. The number of aliphatic imine (C=N–C) groups is 1. The zero-order valence-electron chi connectivity index (χ0n) is 17.8. The van der Waals surface area contributed by atoms with Crippen LogP contribution in [0.25, 0.3) is 11.1 Å². The average Bonchev–Trinajstić information content (AvgIpc) is 2.92. The Morgan fingerprint density at radius 3 is 2.20 bits per heavy atom. The maximum absolute atomic E-state index is 11.1. The Labute approximate surface area is 179 Å². The highest BCUT2D eigenvalue weighted by atomic mass is 16.5. The molecule has 0 N–H and O–H groups in total. The van der Waals surface area contributed by atoms with E-state index in [2.05, 4.69) is 30.5 Å². The Balaban J connectivity index is 1.23. The number of fused-ring (bicyclic) bond motifs is 1. The van der Waals surface area contributed by atoms with Crippen LogP contribution < -0.4 is 4.74 Å². The molecule has 3 heteroatoms. The second-order valence-corrected chi connectivity index (χ2v) is 9.96. The van der Waals surface area contributed by atoms with Gasteiger partial charge in [0.2, 0.25) is 0 Å². The molecule has 0 saturated heterocycles. The summed E-state index contributed by atoms with van der Waals surface area (Å²) in [5.41, 5.74) is 3.91. The van der Waals surface area contributed by atoms with Crippen LogP contribution in [0.5, 0.6) is 5.75 Å². The van der Waals surface area contributed by atoms with Gasteiger partial charge in [0.25, 0.3) is 0 Å². The summed E-state index contributed by atoms with van der Waals surface area (Å²) in [5, 5.41) is 0. The van der Waals surface area contributed by atoms with Crippen molar-refractivity contribution in [1.82, 2.24) is 0 Å². The second-order valence-electron chi connectivity index (χ2n) is 9.96. The average molecular weight is 402 g/mol. The smallest absolute Gasteiger partial charge is 0.308 e. The quantitative estimate of drug-likeness (QED) is 0.335. The van der Waals surface area contributed by atoms with Crippen LogP contribution in [0.2, 0.25) is 0 Å². The van der Waals surface area contributed by atoms with Crippen molar-refractivity contribution in [1.29, 1.82) is 0 Å². The molecule has 4 fully saturated rings. The van der Waals surface area contributed by atoms with Gasteiger partial charge in [0.15, 0.2) is 0 Å². The number of hydrogen-bond acceptors (Lipinski definition) is 3. The molecule has 4 aliphatic rings. The van der Waals surface area contributed by atoms with E-state index in [9.17, 15) is 4.79 Å². The molecule has 3 nitrogen and oxygen atoms in total. The number of benzene rings is 2. The molecule has 4 aliphatic carbocycles. The number of carbonyl (C=O) groups excluding carboxylic acids is 1. The normalized spacial score (nSPS) is 29.8. The van der Waals surface area contributed by atoms with Gasteiger partial charge in [-0.3, -0.25) is 9.79 Å². The Morgan fingerprint density at radius 2 is 1.57 bits per heavy atom. The number of nitrogens with zero attached hydrogens (tertiary/aromatic N) is 1. The molecule has 156 valence electrons. The highest BCUT2D eigenvalue weighted by molar-refractivity contribution is 5.81. The number of esters is 1. The van der Waals surface area contributed by atoms with E-state index in [0.717, 1.165) is 41.0 Å². The van der Waals surface area contributed by atoms with Crippen molar-refractivity contribution in [3.8, 4) is 16.9 Å². The predicted molar refractivity (Wildman–Crippen MR) is 121 cm³/mol. The van der Waals surface area contributed by atoms with E-state index in [4.69, 9.17) is 9.73 Å². The van der Waals surface area contributed by atoms with Gasteiger partial charge in [-0.1, -0.05) is 36.4 Å². The molecular weight excluding hydrogens is 370 g/mol. The lowest BCUT2D eigenvalue weighted by atomic mass is 9.61. The molecule has 2 unspecified atom stereocenters. The molecule has 0 radical (unpaired) electrons. The Kier molecular flexibility index (Phi) is 5.22. The van der Waals surface area contributed by atoms with Crippen LogP contribution in [-0.4, -0.2) is 18.7 Å². The fourth-order valence-electron chi connectivity index (χ4n) is 6.49. The molecular formula is C27H31NO2. The molecule has 4 saturated carbocycles. The van der Waals surface area contributed by atoms with Crippen LogP contribution in [-0.2, 0) is 4.79 Å². The van der Waals surface area contributed by atoms with Crippen LogP contribution in [0.4, 0.5) is 0 Å². The van der Waals surface area contributed by atoms with Gasteiger partial charge < -0.3 is 4.74 Å². The third-order valence-electron chi connectivity index (χ3n) is 7.55. The molecule has 2 aromatic rings. The van der Waals surface area contributed by atoms with Crippen LogP contribution >= 0.6 is 0 Å². The van der Waals surface area contributed by atoms with Crippen molar-refractivity contribution in [2.24, 2.45) is 28.2 Å². The highest BCUT2D eigenvalue weighted by Crippen LogP contribution is 2.57. The van der Waals surface area contributed by atoms with Crippen molar-refractivity contribution in [3.63, 3.8) is 0 Å². The summed E-state index contributed by atoms with van der Waals surface area (Å²) in [6.07, 6.45) is 12.2. The Bertz CT molecular complexity index is 914. The summed E-state index contributed by atoms with van der Waals surface area (Å²) in [6.45, 7) is 2.42. The van der Waals surface area contributed by atoms with E-state index < -0.39 is 0 Å². The molecule has 0 spiro atoms. The van der Waals surface area contributed by atoms with E-state index in [1.165, 1.54) is 51.9 Å². The number of carbonyl (C=O) groups is 1. The van der Waals surface area contributed by atoms with Gasteiger partial charge in [0.05, 0.1) is 0 Å². The molecule has 4 bridgehead atoms. The fourth-order valence-corrected chi connectivity index (χ4v) is 6.49. The molecule has 30 heavy (non-hydrogen) atoms. The third-order valence-corrected chi connectivity index (χ3v) is 7.55. The first-order chi connectivity index (χ1) is 14.6. The molecule has 6 rings (SSSR count). The molecule has 0 heterocycles. The zero-order chi connectivity index (χ0) is 20.6. The lowest BCUT2D eigenvalue weighted by Gasteiger charge is -2.44. The summed E-state index contributed by atoms with van der Waals surface area (Å²) >= 11 is 0. The van der Waals surface area contributed by atoms with E-state index in [0.29, 0.717) is 11.2 Å². The molecule has 2 aromatic carbocycles. The van der Waals surface area contributed by atoms with Crippen LogP contribution in [0.1, 0.15) is 57.4 Å². The van der Waals surface area contributed by atoms with Gasteiger partial charge in [0, 0.05) is 19.7 Å². The minimum Gasteiger partial charge on any atom is -0.427 e. The van der Waals surface area contributed by atoms with Gasteiger partial charge in [0.1, 0.15) is 5.75 Å². The summed E-state index contributed by atoms with van der Waals surface area (Å²) in [5.74, 6) is 3.25. The number of ether oxygens (including phenoxy) is 1. The van der Waals surface area contributed by atoms with Crippen molar-refractivity contribution in [3.05, 3.63) is 54.1 Å². The SMILES string of the molecule is CC(=O)Oc1ccc(-c2ccc(C=NCC34CCC5C[C@H](C[C@H](C5)C3)C4)cc2)cc1. The van der Waals surface area contributed by atoms with Crippen molar-refractivity contribution in [2.75, 3.05) is 6.54 Å². The Morgan fingerprint density at radius 1 is 0.967 bits per heavy atom. The summed E-state index contributed by atoms with van der Waals surface area (Å²) in [6, 6.07) is 16.2. The van der Waals surface area contributed by atoms with E-state index in [-0.39, 0.29) is 5.97 Å². The van der Waals surface area contributed by atoms with Gasteiger partial charge in [-0.2, -0.15) is 0 Å². The summed E-state index contributed by atoms with van der Waals surface area (Å²) in [4.78, 5) is 16.0. The van der Waals surface area contributed by atoms with E-state index in [1.54, 1.807) is 0 Å². The van der Waals surface area contributed by atoms with Gasteiger partial charge in [-0.15, -0.1) is 0 Å². The first-order valence-corrected chi connectivity index (χ1v) is 11.5. The minimum absolute atomic E-state index is 0.296. The van der Waals surface area contributed by atoms with Gasteiger partial charge in [-0.25, -0.2) is 0 Å². The van der Waals surface area contributed by atoms with Gasteiger partial charge >= 0.3 is 5.97 Å². The largest absolute Gasteiger partial charge is 0.427 e. The van der Waals surface area contributed by atoms with Crippen molar-refractivity contribution < 1.29 is 9.53 Å². The third kappa shape index (κ3) is 4.21. The summed E-state index contributed by atoms with van der Waals surface area (Å²) in [7, 11) is 0. The van der Waals surface area contributed by atoms with Crippen molar-refractivity contribution in [2.45, 2.75) is 51.9 Å². The lowest BCUT2D eigenvalue weighted by Crippen LogP contribution is -2.36. The lowest BCUT2D eigenvalue weighted by molar-refractivity contribution is -0.131. The number of rotatable bonds is 5. The fraction of sp³-hybridized carbons (Fsp3) is 0.481. The maximum atomic E-state index is 11.1. The topological polar surface area (TPSA) is 38.7 Å². The first-order valence-electron chi connectivity index (χ1n) is 11.5. The maximum Gasteiger partial charge on any atom is 0.308 e. The van der Waals surface area contributed by atoms with E-state index >= 15 is 0 Å². The predicted octanol–water partition coefficient (Wildman–Crippen LogP) is 6.30. The van der Waals surface area contributed by atoms with Crippen LogP contribution in [0, 0.1) is 23.2 Å². The van der Waals surface area contributed by atoms with Gasteiger partial charge in [-0.05, 0) is 96.9 Å². The molecule has 4 atom stereocenters. The minimum atomic E-state index is -0.296.